The van der Waals surface area contributed by atoms with Crippen LogP contribution in [0.4, 0.5) is 5.69 Å². The van der Waals surface area contributed by atoms with Crippen LogP contribution in [0, 0.1) is 6.92 Å². The number of hydrogen-bond acceptors (Lipinski definition) is 3. The third kappa shape index (κ3) is 4.62. The maximum Gasteiger partial charge on any atom is 0.253 e. The van der Waals surface area contributed by atoms with Crippen LogP contribution in [-0.4, -0.2) is 32.0 Å². The molecule has 1 aromatic rings. The number of anilines is 1. The lowest BCUT2D eigenvalue weighted by Crippen LogP contribution is -2.29. The monoisotopic (exact) mass is 263 g/mol. The van der Waals surface area contributed by atoms with Crippen LogP contribution < -0.4 is 16.0 Å². The summed E-state index contributed by atoms with van der Waals surface area (Å²) in [6.45, 7) is 5.00. The Hall–Kier alpha value is -2.04. The van der Waals surface area contributed by atoms with E-state index >= 15 is 0 Å². The Labute approximate surface area is 113 Å². The molecule has 3 N–H and O–H groups in total. The summed E-state index contributed by atoms with van der Waals surface area (Å²) in [4.78, 5) is 23.2. The molecule has 0 saturated heterocycles. The van der Waals surface area contributed by atoms with Crippen LogP contribution in [0.25, 0.3) is 0 Å². The number of carbonyl (C=O) groups excluding carboxylic acids is 2. The minimum atomic E-state index is -0.163. The quantitative estimate of drug-likeness (QED) is 0.724. The van der Waals surface area contributed by atoms with E-state index < -0.39 is 0 Å². The largest absolute Gasteiger partial charge is 0.385 e. The van der Waals surface area contributed by atoms with Gasteiger partial charge in [-0.05, 0) is 26.0 Å². The van der Waals surface area contributed by atoms with Crippen molar-refractivity contribution in [1.82, 2.24) is 10.6 Å². The van der Waals surface area contributed by atoms with E-state index in [0.717, 1.165) is 17.8 Å². The summed E-state index contributed by atoms with van der Waals surface area (Å²) in [5, 5.41) is 8.42. The minimum Gasteiger partial charge on any atom is -0.385 e. The molecule has 0 aliphatic heterocycles. The second kappa shape index (κ2) is 7.41. The number of benzene rings is 1. The van der Waals surface area contributed by atoms with Gasteiger partial charge in [-0.25, -0.2) is 0 Å². The molecule has 104 valence electrons. The second-order valence-electron chi connectivity index (χ2n) is 4.26. The van der Waals surface area contributed by atoms with Crippen LogP contribution in [0.15, 0.2) is 18.2 Å². The Morgan fingerprint density at radius 1 is 1.26 bits per heavy atom. The van der Waals surface area contributed by atoms with E-state index in [0.29, 0.717) is 12.1 Å². The predicted octanol–water partition coefficient (Wildman–Crippen LogP) is 1.29. The van der Waals surface area contributed by atoms with Crippen molar-refractivity contribution in [1.29, 1.82) is 0 Å². The Kier molecular flexibility index (Phi) is 5.85. The lowest BCUT2D eigenvalue weighted by molar-refractivity contribution is -0.120. The molecular formula is C14H21N3O2. The summed E-state index contributed by atoms with van der Waals surface area (Å²) < 4.78 is 0. The van der Waals surface area contributed by atoms with E-state index in [-0.39, 0.29) is 18.2 Å². The van der Waals surface area contributed by atoms with Crippen molar-refractivity contribution >= 4 is 17.5 Å². The molecule has 2 amide bonds. The first kappa shape index (κ1) is 15.0. The lowest BCUT2D eigenvalue weighted by Gasteiger charge is -2.12. The maximum absolute atomic E-state index is 12.1. The molecule has 0 radical (unpaired) electrons. The molecule has 0 bridgehead atoms. The van der Waals surface area contributed by atoms with Gasteiger partial charge in [0.15, 0.2) is 0 Å². The highest BCUT2D eigenvalue weighted by Gasteiger charge is 2.11. The van der Waals surface area contributed by atoms with Gasteiger partial charge in [0.2, 0.25) is 5.91 Å². The topological polar surface area (TPSA) is 70.2 Å². The molecule has 0 heterocycles. The lowest BCUT2D eigenvalue weighted by atomic mass is 10.1. The van der Waals surface area contributed by atoms with Gasteiger partial charge < -0.3 is 16.0 Å². The van der Waals surface area contributed by atoms with E-state index in [1.165, 1.54) is 0 Å². The number of amides is 2. The van der Waals surface area contributed by atoms with E-state index in [4.69, 9.17) is 0 Å². The highest BCUT2D eigenvalue weighted by atomic mass is 16.2. The van der Waals surface area contributed by atoms with E-state index in [1.54, 1.807) is 7.05 Å². The van der Waals surface area contributed by atoms with Crippen molar-refractivity contribution in [2.24, 2.45) is 0 Å². The average molecular weight is 263 g/mol. The van der Waals surface area contributed by atoms with Crippen molar-refractivity contribution in [3.05, 3.63) is 29.3 Å². The Bertz CT molecular complexity index is 458. The minimum absolute atomic E-state index is 0.0866. The fraction of sp³-hybridized carbons (Fsp3) is 0.429. The van der Waals surface area contributed by atoms with Crippen molar-refractivity contribution in [2.75, 3.05) is 25.5 Å². The number of hydrogen-bond donors (Lipinski definition) is 3. The van der Waals surface area contributed by atoms with Crippen LogP contribution in [0.5, 0.6) is 0 Å². The maximum atomic E-state index is 12.1. The third-order valence-electron chi connectivity index (χ3n) is 2.70. The normalized spacial score (nSPS) is 9.84. The van der Waals surface area contributed by atoms with Crippen LogP contribution in [0.2, 0.25) is 0 Å². The zero-order chi connectivity index (χ0) is 14.3. The molecule has 5 heteroatoms. The van der Waals surface area contributed by atoms with Crippen molar-refractivity contribution < 1.29 is 9.59 Å². The average Bonchev–Trinajstić information content (AvgIpc) is 2.40. The standard InChI is InChI=1S/C14H21N3O2/c1-4-16-12-6-5-10(2)9-11(12)14(19)17-8-7-13(18)15-3/h5-6,9,16H,4,7-8H2,1-3H3,(H,15,18)(H,17,19). The van der Waals surface area contributed by atoms with Gasteiger partial charge in [0.05, 0.1) is 5.56 Å². The molecule has 5 nitrogen and oxygen atoms in total. The molecule has 0 atom stereocenters. The molecule has 1 rings (SSSR count). The predicted molar refractivity (Wildman–Crippen MR) is 76.4 cm³/mol. The highest BCUT2D eigenvalue weighted by molar-refractivity contribution is 6.00. The molecule has 0 aliphatic rings. The first-order chi connectivity index (χ1) is 9.08. The first-order valence-corrected chi connectivity index (χ1v) is 6.41. The summed E-state index contributed by atoms with van der Waals surface area (Å²) in [6, 6.07) is 5.69. The smallest absolute Gasteiger partial charge is 0.253 e. The number of carbonyl (C=O) groups is 2. The van der Waals surface area contributed by atoms with Crippen molar-refractivity contribution in [3.63, 3.8) is 0 Å². The first-order valence-electron chi connectivity index (χ1n) is 6.41. The van der Waals surface area contributed by atoms with Gasteiger partial charge in [-0.3, -0.25) is 9.59 Å². The van der Waals surface area contributed by atoms with Crippen LogP contribution in [0.1, 0.15) is 29.3 Å². The molecule has 0 aromatic heterocycles. The summed E-state index contributed by atoms with van der Waals surface area (Å²) in [5.74, 6) is -0.250. The van der Waals surface area contributed by atoms with Gasteiger partial charge in [0, 0.05) is 32.2 Å². The van der Waals surface area contributed by atoms with Gasteiger partial charge in [0.25, 0.3) is 5.91 Å². The SMILES string of the molecule is CCNc1ccc(C)cc1C(=O)NCCC(=O)NC. The van der Waals surface area contributed by atoms with Gasteiger partial charge in [-0.15, -0.1) is 0 Å². The summed E-state index contributed by atoms with van der Waals surface area (Å²) in [7, 11) is 1.58. The number of nitrogens with one attached hydrogen (secondary N) is 3. The van der Waals surface area contributed by atoms with E-state index in [1.807, 2.05) is 32.0 Å². The van der Waals surface area contributed by atoms with E-state index in [2.05, 4.69) is 16.0 Å². The fourth-order valence-corrected chi connectivity index (χ4v) is 1.70. The zero-order valence-corrected chi connectivity index (χ0v) is 11.7. The van der Waals surface area contributed by atoms with E-state index in [9.17, 15) is 9.59 Å². The number of aryl methyl sites for hydroxylation is 1. The molecule has 0 aliphatic carbocycles. The molecule has 0 unspecified atom stereocenters. The Balaban J connectivity index is 2.69. The molecule has 0 fully saturated rings. The second-order valence-corrected chi connectivity index (χ2v) is 4.26. The number of rotatable bonds is 6. The zero-order valence-electron chi connectivity index (χ0n) is 11.7. The van der Waals surface area contributed by atoms with Crippen LogP contribution in [0.3, 0.4) is 0 Å². The molecule has 0 spiro atoms. The van der Waals surface area contributed by atoms with Crippen molar-refractivity contribution in [3.8, 4) is 0 Å². The summed E-state index contributed by atoms with van der Waals surface area (Å²) in [6.07, 6.45) is 0.282. The van der Waals surface area contributed by atoms with Gasteiger partial charge in [-0.2, -0.15) is 0 Å². The molecule has 19 heavy (non-hydrogen) atoms. The fourth-order valence-electron chi connectivity index (χ4n) is 1.70. The van der Waals surface area contributed by atoms with Gasteiger partial charge >= 0.3 is 0 Å². The van der Waals surface area contributed by atoms with Gasteiger partial charge in [0.1, 0.15) is 0 Å². The Morgan fingerprint density at radius 2 is 2.00 bits per heavy atom. The van der Waals surface area contributed by atoms with Gasteiger partial charge in [-0.1, -0.05) is 11.6 Å². The molecule has 0 saturated carbocycles. The molecular weight excluding hydrogens is 242 g/mol. The van der Waals surface area contributed by atoms with Crippen molar-refractivity contribution in [2.45, 2.75) is 20.3 Å². The summed E-state index contributed by atoms with van der Waals surface area (Å²) >= 11 is 0. The summed E-state index contributed by atoms with van der Waals surface area (Å²) in [5.41, 5.74) is 2.45. The third-order valence-corrected chi connectivity index (χ3v) is 2.70. The molecule has 1 aromatic carbocycles. The Morgan fingerprint density at radius 3 is 2.63 bits per heavy atom. The van der Waals surface area contributed by atoms with Crippen LogP contribution >= 0.6 is 0 Å². The highest BCUT2D eigenvalue weighted by Crippen LogP contribution is 2.17. The van der Waals surface area contributed by atoms with Crippen LogP contribution in [-0.2, 0) is 4.79 Å².